The summed E-state index contributed by atoms with van der Waals surface area (Å²) in [4.78, 5) is 0. The van der Waals surface area contributed by atoms with E-state index in [2.05, 4.69) is 181 Å². The first kappa shape index (κ1) is 44.9. The van der Waals surface area contributed by atoms with Gasteiger partial charge in [0.15, 0.2) is 0 Å². The van der Waals surface area contributed by atoms with E-state index in [0.29, 0.717) is 0 Å². The van der Waals surface area contributed by atoms with Crippen LogP contribution in [0.15, 0.2) is 0 Å². The van der Waals surface area contributed by atoms with Crippen molar-refractivity contribution >= 4 is 74.0 Å². The van der Waals surface area contributed by atoms with Crippen LogP contribution in [0.3, 0.4) is 0 Å². The van der Waals surface area contributed by atoms with Crippen molar-refractivity contribution in [2.45, 2.75) is 181 Å². The first-order chi connectivity index (χ1) is 19.5. The van der Waals surface area contributed by atoms with E-state index < -0.39 is 51.5 Å². The zero-order chi connectivity index (χ0) is 36.2. The fourth-order valence-electron chi connectivity index (χ4n) is 7.28. The molecule has 0 aliphatic carbocycles. The molecule has 2 aliphatic rings. The van der Waals surface area contributed by atoms with Crippen molar-refractivity contribution in [2.24, 2.45) is 0 Å². The molecule has 0 bridgehead atoms. The molecule has 0 unspecified atom stereocenters. The van der Waals surface area contributed by atoms with Crippen LogP contribution in [-0.4, -0.2) is 148 Å². The third kappa shape index (κ3) is 11.7. The SMILES string of the molecule is CC(C)(C)N1CCN(C(C)(C)C)[Si]1N([Si](C)(C)C)[Si](C)(C)C.CC(C)(C)N1CCN(C(C)(C)C)[Si]1N([Si](C)(C)C)[Si](C)(C)[CH2][Sn]. The maximum atomic E-state index is 3.16. The molecule has 2 aliphatic heterocycles. The Morgan fingerprint density at radius 2 is 0.644 bits per heavy atom. The molecule has 0 amide bonds. The second kappa shape index (κ2) is 14.8. The molecular formula is C32H79N6Si6Sn. The van der Waals surface area contributed by atoms with Gasteiger partial charge in [-0.3, -0.25) is 9.13 Å². The molecule has 6 nitrogen and oxygen atoms in total. The molecule has 2 heterocycles. The Labute approximate surface area is 305 Å². The van der Waals surface area contributed by atoms with E-state index in [1.165, 1.54) is 30.2 Å². The van der Waals surface area contributed by atoms with Crippen molar-refractivity contribution in [2.75, 3.05) is 26.2 Å². The monoisotopic (exact) mass is 835 g/mol. The van der Waals surface area contributed by atoms with Crippen LogP contribution in [0.5, 0.6) is 0 Å². The van der Waals surface area contributed by atoms with Crippen molar-refractivity contribution in [3.05, 3.63) is 0 Å². The summed E-state index contributed by atoms with van der Waals surface area (Å²) in [5.74, 6) is 0. The molecule has 0 saturated carbocycles. The molecule has 0 aromatic heterocycles. The van der Waals surface area contributed by atoms with Gasteiger partial charge < -0.3 is 3.90 Å². The Hall–Kier alpha value is 1.86. The zero-order valence-electron chi connectivity index (χ0n) is 34.7. The molecular weight excluding hydrogens is 756 g/mol. The Bertz CT molecular complexity index is 893. The predicted molar refractivity (Wildman–Crippen MR) is 219 cm³/mol. The zero-order valence-corrected chi connectivity index (χ0v) is 43.6. The summed E-state index contributed by atoms with van der Waals surface area (Å²) in [6.07, 6.45) is 0. The fraction of sp³-hybridized carbons (Fsp3) is 1.00. The van der Waals surface area contributed by atoms with Crippen molar-refractivity contribution < 1.29 is 0 Å². The Kier molecular flexibility index (Phi) is 14.8. The van der Waals surface area contributed by atoms with Gasteiger partial charge in [-0.1, -0.05) is 39.3 Å². The minimum atomic E-state index is -1.38. The van der Waals surface area contributed by atoms with Gasteiger partial charge >= 0.3 is 173 Å². The minimum absolute atomic E-state index is 0.256. The van der Waals surface area contributed by atoms with E-state index in [9.17, 15) is 0 Å². The van der Waals surface area contributed by atoms with Gasteiger partial charge in [0.2, 0.25) is 0 Å². The van der Waals surface area contributed by atoms with Crippen LogP contribution >= 0.6 is 0 Å². The topological polar surface area (TPSA) is 19.4 Å². The van der Waals surface area contributed by atoms with Crippen LogP contribution in [0.1, 0.15) is 83.1 Å². The number of rotatable bonds is 7. The molecule has 2 rings (SSSR count). The summed E-state index contributed by atoms with van der Waals surface area (Å²) in [5.41, 5.74) is 1.04. The van der Waals surface area contributed by atoms with E-state index in [-0.39, 0.29) is 22.2 Å². The molecule has 0 N–H and O–H groups in total. The second-order valence-electron chi connectivity index (χ2n) is 21.1. The third-order valence-electron chi connectivity index (χ3n) is 8.75. The average Bonchev–Trinajstić information content (AvgIpc) is 3.35. The van der Waals surface area contributed by atoms with Crippen LogP contribution in [0.25, 0.3) is 0 Å². The molecule has 2 saturated heterocycles. The molecule has 0 aromatic rings. The summed E-state index contributed by atoms with van der Waals surface area (Å²) in [7, 11) is -7.14. The fourth-order valence-corrected chi connectivity index (χ4v) is 44.7. The van der Waals surface area contributed by atoms with Crippen molar-refractivity contribution in [3.63, 3.8) is 0 Å². The number of hydrogen-bond donors (Lipinski definition) is 0. The average molecular weight is 835 g/mol. The van der Waals surface area contributed by atoms with Gasteiger partial charge in [0, 0.05) is 24.2 Å². The molecule has 265 valence electrons. The first-order valence-electron chi connectivity index (χ1n) is 17.6. The van der Waals surface area contributed by atoms with Crippen molar-refractivity contribution in [1.82, 2.24) is 26.1 Å². The Morgan fingerprint density at radius 1 is 0.444 bits per heavy atom. The summed E-state index contributed by atoms with van der Waals surface area (Å²) < 4.78 is 19.1. The van der Waals surface area contributed by atoms with Crippen LogP contribution < -0.4 is 0 Å². The standard InChI is InChI=1S/C16H40N3Si3.C16H39N3Si3.Sn/c2*1-15(2,3)17-13-14-18(16(4,5)6)20(17)19(21(7,8)9)22(10,11)12;/h13-14H2,1-12H3;7,13-14H2,1-6,8-12H3;. The summed E-state index contributed by atoms with van der Waals surface area (Å²) in [6, 6.07) is 0. The summed E-state index contributed by atoms with van der Waals surface area (Å²) >= 11 is 1.72. The Balaban J connectivity index is 0.000000450. The van der Waals surface area contributed by atoms with Gasteiger partial charge in [-0.15, -0.1) is 0 Å². The van der Waals surface area contributed by atoms with Crippen LogP contribution in [0, 0.1) is 0 Å². The van der Waals surface area contributed by atoms with E-state index in [4.69, 9.17) is 0 Å². The quantitative estimate of drug-likeness (QED) is 0.242. The van der Waals surface area contributed by atoms with Gasteiger partial charge in [-0.05, 0) is 41.5 Å². The second-order valence-corrected chi connectivity index (χ2v) is 49.8. The van der Waals surface area contributed by atoms with Gasteiger partial charge in [-0.2, -0.15) is 0 Å². The van der Waals surface area contributed by atoms with Crippen molar-refractivity contribution in [3.8, 4) is 0 Å². The normalized spacial score (nSPS) is 20.9. The van der Waals surface area contributed by atoms with Crippen LogP contribution in [0.4, 0.5) is 0 Å². The molecule has 0 atom stereocenters. The first-order valence-corrected chi connectivity index (χ1v) is 35.8. The van der Waals surface area contributed by atoms with Gasteiger partial charge in [-0.25, -0.2) is 0 Å². The van der Waals surface area contributed by atoms with Gasteiger partial charge in [0.1, 0.15) is 16.5 Å². The van der Waals surface area contributed by atoms with E-state index in [1.807, 2.05) is 0 Å². The van der Waals surface area contributed by atoms with E-state index in [0.717, 1.165) is 0 Å². The maximum absolute atomic E-state index is 3.16. The van der Waals surface area contributed by atoms with E-state index >= 15 is 0 Å². The van der Waals surface area contributed by atoms with Gasteiger partial charge in [0.25, 0.3) is 0 Å². The van der Waals surface area contributed by atoms with Crippen LogP contribution in [-0.2, 0) is 0 Å². The number of hydrogen-bond acceptors (Lipinski definition) is 6. The molecule has 5 radical (unpaired) electrons. The predicted octanol–water partition coefficient (Wildman–Crippen LogP) is 7.81. The van der Waals surface area contributed by atoms with E-state index in [1.54, 1.807) is 22.5 Å². The molecule has 13 heteroatoms. The molecule has 0 spiro atoms. The molecule has 45 heavy (non-hydrogen) atoms. The number of nitrogens with zero attached hydrogens (tertiary/aromatic N) is 6. The van der Waals surface area contributed by atoms with Crippen molar-refractivity contribution in [1.29, 1.82) is 0 Å². The third-order valence-corrected chi connectivity index (χ3v) is 46.7. The summed E-state index contributed by atoms with van der Waals surface area (Å²) in [6.45, 7) is 62.0. The van der Waals surface area contributed by atoms with Gasteiger partial charge in [0.05, 0.1) is 0 Å². The molecule has 0 aromatic carbocycles. The van der Waals surface area contributed by atoms with Crippen LogP contribution in [0.2, 0.25) is 76.1 Å². The summed E-state index contributed by atoms with van der Waals surface area (Å²) in [5, 5.41) is 0. The molecule has 2 fully saturated rings. The Morgan fingerprint density at radius 3 is 0.800 bits per heavy atom.